The molecule has 0 radical (unpaired) electrons. The lowest BCUT2D eigenvalue weighted by Crippen LogP contribution is -2.30. The molecule has 0 unspecified atom stereocenters. The zero-order chi connectivity index (χ0) is 28.4. The van der Waals surface area contributed by atoms with E-state index in [1.165, 1.54) is 17.0 Å². The molecular formula is C31H25BrN2O6. The van der Waals surface area contributed by atoms with Gasteiger partial charge in [-0.3, -0.25) is 24.1 Å². The Bertz CT molecular complexity index is 1530. The molecule has 0 aromatic heterocycles. The first-order chi connectivity index (χ1) is 19.2. The molecule has 1 saturated heterocycles. The minimum absolute atomic E-state index is 0.198. The predicted octanol–water partition coefficient (Wildman–Crippen LogP) is 5.59. The standard InChI is InChI=1S/C31H25BrN2O6/c1-18-2-15-25-26(16-18)30(38)34(29(25)37)24-13-7-20(8-14-24)28(36)33-23-11-5-21(6-12-23)31(39)40-17-27(35)19-3-9-22(32)10-4-19/h2-14,25-26H,15-17H2,1H3,(H,33,36)/t25-,26+/m1/s1. The first kappa shape index (κ1) is 27.2. The number of hydrogen-bond donors (Lipinski definition) is 1. The summed E-state index contributed by atoms with van der Waals surface area (Å²) in [6.07, 6.45) is 3.18. The first-order valence-corrected chi connectivity index (χ1v) is 13.5. The van der Waals surface area contributed by atoms with Gasteiger partial charge < -0.3 is 10.1 Å². The fourth-order valence-corrected chi connectivity index (χ4v) is 5.14. The van der Waals surface area contributed by atoms with E-state index < -0.39 is 11.9 Å². The maximum Gasteiger partial charge on any atom is 0.338 e. The molecule has 1 N–H and O–H groups in total. The molecule has 2 aliphatic rings. The molecule has 2 atom stereocenters. The Morgan fingerprint density at radius 3 is 2.12 bits per heavy atom. The normalized spacial score (nSPS) is 18.1. The lowest BCUT2D eigenvalue weighted by Gasteiger charge is -2.18. The number of hydrogen-bond acceptors (Lipinski definition) is 6. The number of nitrogens with zero attached hydrogens (tertiary/aromatic N) is 1. The summed E-state index contributed by atoms with van der Waals surface area (Å²) in [5, 5.41) is 2.75. The number of carbonyl (C=O) groups excluding carboxylic acids is 5. The van der Waals surface area contributed by atoms with Crippen LogP contribution in [0, 0.1) is 11.8 Å². The number of benzene rings is 3. The third kappa shape index (κ3) is 5.65. The van der Waals surface area contributed by atoms with Crippen molar-refractivity contribution in [1.29, 1.82) is 0 Å². The zero-order valence-corrected chi connectivity index (χ0v) is 23.1. The van der Waals surface area contributed by atoms with Crippen LogP contribution < -0.4 is 10.2 Å². The van der Waals surface area contributed by atoms with Crippen LogP contribution in [0.1, 0.15) is 50.8 Å². The Balaban J connectivity index is 1.16. The smallest absolute Gasteiger partial charge is 0.338 e. The number of imide groups is 1. The number of allylic oxidation sites excluding steroid dienone is 2. The highest BCUT2D eigenvalue weighted by molar-refractivity contribution is 9.10. The summed E-state index contributed by atoms with van der Waals surface area (Å²) < 4.78 is 5.97. The summed E-state index contributed by atoms with van der Waals surface area (Å²) in [5.41, 5.74) is 3.03. The van der Waals surface area contributed by atoms with Crippen molar-refractivity contribution >= 4 is 56.8 Å². The highest BCUT2D eigenvalue weighted by Crippen LogP contribution is 2.39. The highest BCUT2D eigenvalue weighted by Gasteiger charge is 2.48. The van der Waals surface area contributed by atoms with Crippen molar-refractivity contribution in [2.75, 3.05) is 16.8 Å². The van der Waals surface area contributed by atoms with Crippen molar-refractivity contribution in [3.63, 3.8) is 0 Å². The molecule has 1 fully saturated rings. The first-order valence-electron chi connectivity index (χ1n) is 12.7. The summed E-state index contributed by atoms with van der Waals surface area (Å²) in [6, 6.07) is 19.1. The molecule has 0 saturated carbocycles. The second kappa shape index (κ2) is 11.4. The molecule has 0 spiro atoms. The number of carbonyl (C=O) groups is 5. The average molecular weight is 601 g/mol. The van der Waals surface area contributed by atoms with Crippen LogP contribution in [0.2, 0.25) is 0 Å². The number of ketones is 1. The number of Topliss-reactive ketones (excluding diaryl/α,β-unsaturated/α-hetero) is 1. The summed E-state index contributed by atoms with van der Waals surface area (Å²) in [6.45, 7) is 1.58. The van der Waals surface area contributed by atoms with Gasteiger partial charge in [-0.15, -0.1) is 0 Å². The Kier molecular flexibility index (Phi) is 7.75. The van der Waals surface area contributed by atoms with Gasteiger partial charge in [0.05, 0.1) is 23.1 Å². The van der Waals surface area contributed by atoms with Gasteiger partial charge in [-0.2, -0.15) is 0 Å². The van der Waals surface area contributed by atoms with E-state index in [1.54, 1.807) is 60.7 Å². The molecule has 0 bridgehead atoms. The highest BCUT2D eigenvalue weighted by atomic mass is 79.9. The van der Waals surface area contributed by atoms with Gasteiger partial charge in [0.25, 0.3) is 5.91 Å². The maximum absolute atomic E-state index is 12.9. The van der Waals surface area contributed by atoms with Gasteiger partial charge in [0.2, 0.25) is 11.8 Å². The number of ether oxygens (including phenoxy) is 1. The molecular weight excluding hydrogens is 576 g/mol. The van der Waals surface area contributed by atoms with Crippen LogP contribution in [0.25, 0.3) is 0 Å². The number of fused-ring (bicyclic) bond motifs is 1. The molecule has 202 valence electrons. The van der Waals surface area contributed by atoms with Gasteiger partial charge in [0.15, 0.2) is 12.4 Å². The second-order valence-electron chi connectivity index (χ2n) is 9.80. The Morgan fingerprint density at radius 1 is 0.850 bits per heavy atom. The van der Waals surface area contributed by atoms with Crippen LogP contribution in [0.3, 0.4) is 0 Å². The van der Waals surface area contributed by atoms with E-state index in [1.807, 2.05) is 13.0 Å². The number of halogens is 1. The van der Waals surface area contributed by atoms with Crippen molar-refractivity contribution in [3.05, 3.63) is 106 Å². The Hall–Kier alpha value is -4.37. The van der Waals surface area contributed by atoms with E-state index in [2.05, 4.69) is 21.2 Å². The van der Waals surface area contributed by atoms with Gasteiger partial charge in [-0.05, 0) is 80.4 Å². The molecule has 3 amide bonds. The monoisotopic (exact) mass is 600 g/mol. The zero-order valence-electron chi connectivity index (χ0n) is 21.6. The van der Waals surface area contributed by atoms with E-state index in [0.717, 1.165) is 10.0 Å². The minimum atomic E-state index is -0.657. The fraction of sp³-hybridized carbons (Fsp3) is 0.194. The Morgan fingerprint density at radius 2 is 1.45 bits per heavy atom. The van der Waals surface area contributed by atoms with Crippen LogP contribution in [0.15, 0.2) is 88.9 Å². The molecule has 3 aromatic rings. The van der Waals surface area contributed by atoms with Crippen molar-refractivity contribution in [3.8, 4) is 0 Å². The molecule has 1 heterocycles. The predicted molar refractivity (Wildman–Crippen MR) is 152 cm³/mol. The topological polar surface area (TPSA) is 110 Å². The van der Waals surface area contributed by atoms with Crippen LogP contribution in [0.5, 0.6) is 0 Å². The quantitative estimate of drug-likeness (QED) is 0.164. The average Bonchev–Trinajstić information content (AvgIpc) is 3.20. The number of nitrogens with one attached hydrogen (secondary N) is 1. The van der Waals surface area contributed by atoms with Crippen LogP contribution in [0.4, 0.5) is 11.4 Å². The molecule has 9 heteroatoms. The van der Waals surface area contributed by atoms with Gasteiger partial charge in [-0.25, -0.2) is 4.79 Å². The number of anilines is 2. The third-order valence-corrected chi connectivity index (χ3v) is 7.62. The number of amides is 3. The fourth-order valence-electron chi connectivity index (χ4n) is 4.88. The molecule has 40 heavy (non-hydrogen) atoms. The molecule has 5 rings (SSSR count). The van der Waals surface area contributed by atoms with E-state index >= 15 is 0 Å². The number of rotatable bonds is 7. The van der Waals surface area contributed by atoms with Gasteiger partial charge in [0.1, 0.15) is 0 Å². The van der Waals surface area contributed by atoms with E-state index in [0.29, 0.717) is 35.3 Å². The van der Waals surface area contributed by atoms with Crippen molar-refractivity contribution in [2.45, 2.75) is 19.8 Å². The summed E-state index contributed by atoms with van der Waals surface area (Å²) >= 11 is 3.30. The van der Waals surface area contributed by atoms with E-state index in [9.17, 15) is 24.0 Å². The Labute approximate surface area is 239 Å². The molecule has 1 aliphatic carbocycles. The van der Waals surface area contributed by atoms with E-state index in [-0.39, 0.29) is 41.6 Å². The van der Waals surface area contributed by atoms with Crippen molar-refractivity contribution in [2.24, 2.45) is 11.8 Å². The summed E-state index contributed by atoms with van der Waals surface area (Å²) in [5.74, 6) is -2.42. The summed E-state index contributed by atoms with van der Waals surface area (Å²) in [7, 11) is 0. The molecule has 3 aromatic carbocycles. The van der Waals surface area contributed by atoms with Crippen molar-refractivity contribution < 1.29 is 28.7 Å². The van der Waals surface area contributed by atoms with Gasteiger partial charge in [-0.1, -0.05) is 39.7 Å². The summed E-state index contributed by atoms with van der Waals surface area (Å²) in [4.78, 5) is 64.4. The van der Waals surface area contributed by atoms with Gasteiger partial charge in [0, 0.05) is 21.3 Å². The van der Waals surface area contributed by atoms with E-state index in [4.69, 9.17) is 4.74 Å². The largest absolute Gasteiger partial charge is 0.454 e. The molecule has 8 nitrogen and oxygen atoms in total. The lowest BCUT2D eigenvalue weighted by atomic mass is 9.82. The number of esters is 1. The van der Waals surface area contributed by atoms with Gasteiger partial charge >= 0.3 is 5.97 Å². The SMILES string of the molecule is CC1=CC[C@H]2C(=O)N(c3ccc(C(=O)Nc4ccc(C(=O)OCC(=O)c5ccc(Br)cc5)cc4)cc3)C(=O)[C@H]2C1. The van der Waals surface area contributed by atoms with Crippen LogP contribution in [-0.4, -0.2) is 36.1 Å². The maximum atomic E-state index is 12.9. The molecule has 1 aliphatic heterocycles. The minimum Gasteiger partial charge on any atom is -0.454 e. The van der Waals surface area contributed by atoms with Crippen molar-refractivity contribution in [1.82, 2.24) is 0 Å². The van der Waals surface area contributed by atoms with Crippen LogP contribution in [-0.2, 0) is 14.3 Å². The lowest BCUT2D eigenvalue weighted by molar-refractivity contribution is -0.122. The third-order valence-electron chi connectivity index (χ3n) is 7.09. The second-order valence-corrected chi connectivity index (χ2v) is 10.7. The van der Waals surface area contributed by atoms with Crippen LogP contribution >= 0.6 is 15.9 Å².